The Labute approximate surface area is 126 Å². The summed E-state index contributed by atoms with van der Waals surface area (Å²) in [4.78, 5) is 13.7. The van der Waals surface area contributed by atoms with Crippen LogP contribution in [-0.4, -0.2) is 37.0 Å². The van der Waals surface area contributed by atoms with E-state index in [1.165, 1.54) is 6.07 Å². The smallest absolute Gasteiger partial charge is 0.226 e. The quantitative estimate of drug-likeness (QED) is 0.890. The van der Waals surface area contributed by atoms with Crippen LogP contribution in [0.2, 0.25) is 0 Å². The van der Waals surface area contributed by atoms with Gasteiger partial charge in [-0.05, 0) is 37.1 Å². The first kappa shape index (κ1) is 15.3. The van der Waals surface area contributed by atoms with Crippen LogP contribution in [-0.2, 0) is 4.79 Å². The van der Waals surface area contributed by atoms with E-state index in [1.54, 1.807) is 17.0 Å². The summed E-state index contributed by atoms with van der Waals surface area (Å²) in [6.07, 6.45) is 1.22. The van der Waals surface area contributed by atoms with Gasteiger partial charge in [0, 0.05) is 17.6 Å². The molecule has 1 aliphatic rings. The molecule has 1 fully saturated rings. The van der Waals surface area contributed by atoms with Crippen LogP contribution < -0.4 is 10.5 Å². The third kappa shape index (κ3) is 3.93. The number of amides is 1. The number of halogens is 2. The lowest BCUT2D eigenvalue weighted by atomic mass is 10.1. The minimum atomic E-state index is -0.434. The molecular formula is C14H18BrFN2O2. The number of hydrogen-bond donors (Lipinski definition) is 1. The number of carbonyl (C=O) groups is 1. The predicted molar refractivity (Wildman–Crippen MR) is 78.0 cm³/mol. The highest BCUT2D eigenvalue weighted by Crippen LogP contribution is 2.22. The van der Waals surface area contributed by atoms with Gasteiger partial charge in [0.25, 0.3) is 0 Å². The number of nitrogens with zero attached hydrogens (tertiary/aromatic N) is 1. The maximum absolute atomic E-state index is 13.5. The SMILES string of the molecule is NC[C@H]1CCN(C(=O)CCOc2ccc(Br)cc2F)C1. The molecule has 1 amide bonds. The number of likely N-dealkylation sites (tertiary alicyclic amines) is 1. The zero-order valence-corrected chi connectivity index (χ0v) is 12.7. The molecule has 20 heavy (non-hydrogen) atoms. The fourth-order valence-corrected chi connectivity index (χ4v) is 2.58. The van der Waals surface area contributed by atoms with Gasteiger partial charge in [-0.2, -0.15) is 0 Å². The summed E-state index contributed by atoms with van der Waals surface area (Å²) in [6, 6.07) is 4.58. The van der Waals surface area contributed by atoms with Crippen molar-refractivity contribution in [1.82, 2.24) is 4.90 Å². The van der Waals surface area contributed by atoms with Crippen molar-refractivity contribution in [3.63, 3.8) is 0 Å². The van der Waals surface area contributed by atoms with Gasteiger partial charge >= 0.3 is 0 Å². The first-order valence-corrected chi connectivity index (χ1v) is 7.45. The van der Waals surface area contributed by atoms with Gasteiger partial charge in [-0.3, -0.25) is 4.79 Å². The molecule has 4 nitrogen and oxygen atoms in total. The predicted octanol–water partition coefficient (Wildman–Crippen LogP) is 2.16. The fourth-order valence-electron chi connectivity index (χ4n) is 2.25. The van der Waals surface area contributed by atoms with Gasteiger partial charge < -0.3 is 15.4 Å². The number of benzene rings is 1. The summed E-state index contributed by atoms with van der Waals surface area (Å²) in [5, 5.41) is 0. The molecular weight excluding hydrogens is 327 g/mol. The minimum absolute atomic E-state index is 0.0402. The summed E-state index contributed by atoms with van der Waals surface area (Å²) in [5.41, 5.74) is 5.59. The first-order valence-electron chi connectivity index (χ1n) is 6.66. The summed E-state index contributed by atoms with van der Waals surface area (Å²) in [6.45, 7) is 2.28. The molecule has 1 heterocycles. The lowest BCUT2D eigenvalue weighted by molar-refractivity contribution is -0.130. The normalized spacial score (nSPS) is 18.4. The molecule has 2 rings (SSSR count). The molecule has 1 saturated heterocycles. The largest absolute Gasteiger partial charge is 0.490 e. The zero-order chi connectivity index (χ0) is 14.5. The van der Waals surface area contributed by atoms with Crippen molar-refractivity contribution >= 4 is 21.8 Å². The Morgan fingerprint density at radius 3 is 3.00 bits per heavy atom. The number of nitrogens with two attached hydrogens (primary N) is 1. The van der Waals surface area contributed by atoms with Crippen LogP contribution in [0.4, 0.5) is 4.39 Å². The van der Waals surface area contributed by atoms with Crippen LogP contribution in [0.3, 0.4) is 0 Å². The lowest BCUT2D eigenvalue weighted by Crippen LogP contribution is -2.30. The van der Waals surface area contributed by atoms with Crippen LogP contribution >= 0.6 is 15.9 Å². The average molecular weight is 345 g/mol. The van der Waals surface area contributed by atoms with Crippen molar-refractivity contribution in [2.45, 2.75) is 12.8 Å². The summed E-state index contributed by atoms with van der Waals surface area (Å²) < 4.78 is 19.5. The summed E-state index contributed by atoms with van der Waals surface area (Å²) >= 11 is 3.18. The molecule has 2 N–H and O–H groups in total. The van der Waals surface area contributed by atoms with Crippen LogP contribution in [0, 0.1) is 11.7 Å². The molecule has 0 unspecified atom stereocenters. The van der Waals surface area contributed by atoms with Crippen molar-refractivity contribution in [2.24, 2.45) is 11.7 Å². The van der Waals surface area contributed by atoms with E-state index in [9.17, 15) is 9.18 Å². The minimum Gasteiger partial charge on any atom is -0.490 e. The van der Waals surface area contributed by atoms with Gasteiger partial charge in [-0.15, -0.1) is 0 Å². The lowest BCUT2D eigenvalue weighted by Gasteiger charge is -2.16. The third-order valence-electron chi connectivity index (χ3n) is 3.44. The highest BCUT2D eigenvalue weighted by Gasteiger charge is 2.24. The standard InChI is InChI=1S/C14H18BrFN2O2/c15-11-1-2-13(12(16)7-11)20-6-4-14(19)18-5-3-10(8-17)9-18/h1-2,7,10H,3-6,8-9,17H2/t10-/m1/s1. The van der Waals surface area contributed by atoms with Crippen molar-refractivity contribution in [2.75, 3.05) is 26.2 Å². The monoisotopic (exact) mass is 344 g/mol. The van der Waals surface area contributed by atoms with E-state index in [2.05, 4.69) is 15.9 Å². The van der Waals surface area contributed by atoms with Crippen LogP contribution in [0.5, 0.6) is 5.75 Å². The molecule has 0 radical (unpaired) electrons. The third-order valence-corrected chi connectivity index (χ3v) is 3.93. The Bertz CT molecular complexity index is 484. The summed E-state index contributed by atoms with van der Waals surface area (Å²) in [7, 11) is 0. The van der Waals surface area contributed by atoms with Gasteiger partial charge in [-0.1, -0.05) is 15.9 Å². The van der Waals surface area contributed by atoms with E-state index >= 15 is 0 Å². The molecule has 6 heteroatoms. The summed E-state index contributed by atoms with van der Waals surface area (Å²) in [5.74, 6) is 0.181. The van der Waals surface area contributed by atoms with Crippen molar-refractivity contribution in [3.05, 3.63) is 28.5 Å². The maximum atomic E-state index is 13.5. The number of carbonyl (C=O) groups excluding carboxylic acids is 1. The Hall–Kier alpha value is -1.14. The van der Waals surface area contributed by atoms with E-state index in [-0.39, 0.29) is 24.7 Å². The van der Waals surface area contributed by atoms with Gasteiger partial charge in [0.05, 0.1) is 13.0 Å². The fraction of sp³-hybridized carbons (Fsp3) is 0.500. The Morgan fingerprint density at radius 1 is 1.55 bits per heavy atom. The molecule has 0 aliphatic carbocycles. The molecule has 1 aromatic rings. The molecule has 0 spiro atoms. The Morgan fingerprint density at radius 2 is 2.35 bits per heavy atom. The Balaban J connectivity index is 1.77. The average Bonchev–Trinajstić information content (AvgIpc) is 2.90. The molecule has 0 bridgehead atoms. The van der Waals surface area contributed by atoms with Crippen molar-refractivity contribution in [3.8, 4) is 5.75 Å². The van der Waals surface area contributed by atoms with Crippen LogP contribution in [0.15, 0.2) is 22.7 Å². The molecule has 1 atom stereocenters. The second-order valence-corrected chi connectivity index (χ2v) is 5.82. The molecule has 110 valence electrons. The van der Waals surface area contributed by atoms with Gasteiger partial charge in [-0.25, -0.2) is 4.39 Å². The number of ether oxygens (including phenoxy) is 1. The van der Waals surface area contributed by atoms with Crippen molar-refractivity contribution in [1.29, 1.82) is 0 Å². The number of hydrogen-bond acceptors (Lipinski definition) is 3. The maximum Gasteiger partial charge on any atom is 0.226 e. The second-order valence-electron chi connectivity index (χ2n) is 4.90. The van der Waals surface area contributed by atoms with Crippen LogP contribution in [0.1, 0.15) is 12.8 Å². The van der Waals surface area contributed by atoms with Crippen molar-refractivity contribution < 1.29 is 13.9 Å². The second kappa shape index (κ2) is 7.04. The molecule has 1 aliphatic heterocycles. The first-order chi connectivity index (χ1) is 9.60. The Kier molecular flexibility index (Phi) is 5.37. The van der Waals surface area contributed by atoms with E-state index in [0.717, 1.165) is 19.5 Å². The van der Waals surface area contributed by atoms with Gasteiger partial charge in [0.2, 0.25) is 5.91 Å². The molecule has 1 aromatic carbocycles. The highest BCUT2D eigenvalue weighted by atomic mass is 79.9. The van der Waals surface area contributed by atoms with E-state index < -0.39 is 5.82 Å². The van der Waals surface area contributed by atoms with Gasteiger partial charge in [0.15, 0.2) is 11.6 Å². The van der Waals surface area contributed by atoms with Crippen LogP contribution in [0.25, 0.3) is 0 Å². The van der Waals surface area contributed by atoms with E-state index in [4.69, 9.17) is 10.5 Å². The zero-order valence-electron chi connectivity index (χ0n) is 11.1. The molecule has 0 aromatic heterocycles. The highest BCUT2D eigenvalue weighted by molar-refractivity contribution is 9.10. The molecule has 0 saturated carbocycles. The number of rotatable bonds is 5. The van der Waals surface area contributed by atoms with E-state index in [1.807, 2.05) is 0 Å². The topological polar surface area (TPSA) is 55.6 Å². The van der Waals surface area contributed by atoms with Gasteiger partial charge in [0.1, 0.15) is 0 Å². The van der Waals surface area contributed by atoms with E-state index in [0.29, 0.717) is 16.9 Å².